The number of nitrogens with zero attached hydrogens (tertiary/aromatic N) is 2. The summed E-state index contributed by atoms with van der Waals surface area (Å²) in [5, 5.41) is 6.43. The molecule has 0 saturated carbocycles. The average molecular weight is 360 g/mol. The number of nitrogens with one attached hydrogen (secondary N) is 2. The molecule has 0 radical (unpaired) electrons. The maximum atomic E-state index is 12.9. The van der Waals surface area contributed by atoms with Gasteiger partial charge in [-0.15, -0.1) is 0 Å². The fraction of sp³-hybridized carbons (Fsp3) is 0.368. The van der Waals surface area contributed by atoms with E-state index in [0.29, 0.717) is 30.7 Å². The van der Waals surface area contributed by atoms with Crippen LogP contribution < -0.4 is 20.1 Å². The van der Waals surface area contributed by atoms with Crippen molar-refractivity contribution in [3.8, 4) is 11.6 Å². The van der Waals surface area contributed by atoms with Gasteiger partial charge in [0.05, 0.1) is 20.2 Å². The third-order valence-electron chi connectivity index (χ3n) is 3.50. The van der Waals surface area contributed by atoms with E-state index < -0.39 is 0 Å². The van der Waals surface area contributed by atoms with E-state index in [1.54, 1.807) is 25.4 Å². The zero-order valence-electron chi connectivity index (χ0n) is 15.3. The first-order chi connectivity index (χ1) is 12.6. The summed E-state index contributed by atoms with van der Waals surface area (Å²) < 4.78 is 23.9. The Morgan fingerprint density at radius 3 is 2.69 bits per heavy atom. The molecule has 1 unspecified atom stereocenters. The molecule has 0 aliphatic carbocycles. The minimum atomic E-state index is -0.282. The second-order valence-electron chi connectivity index (χ2n) is 5.63. The quantitative estimate of drug-likeness (QED) is 0.560. The van der Waals surface area contributed by atoms with Gasteiger partial charge < -0.3 is 20.1 Å². The maximum absolute atomic E-state index is 12.9. The number of ether oxygens (including phenoxy) is 2. The molecule has 2 aromatic rings. The number of rotatable bonds is 8. The highest BCUT2D eigenvalue weighted by atomic mass is 19.1. The maximum Gasteiger partial charge on any atom is 0.218 e. The summed E-state index contributed by atoms with van der Waals surface area (Å²) in [7, 11) is 1.59. The first kappa shape index (κ1) is 19.5. The molecule has 6 nitrogen and oxygen atoms in total. The van der Waals surface area contributed by atoms with E-state index in [0.717, 1.165) is 12.1 Å². The van der Waals surface area contributed by atoms with Gasteiger partial charge in [-0.1, -0.05) is 6.07 Å². The Labute approximate surface area is 153 Å². The van der Waals surface area contributed by atoms with Crippen molar-refractivity contribution in [1.82, 2.24) is 15.6 Å². The molecule has 0 amide bonds. The Morgan fingerprint density at radius 2 is 2.00 bits per heavy atom. The van der Waals surface area contributed by atoms with Crippen LogP contribution in [0.3, 0.4) is 0 Å². The molecule has 1 aromatic carbocycles. The summed E-state index contributed by atoms with van der Waals surface area (Å²) in [5.41, 5.74) is 0.905. The van der Waals surface area contributed by atoms with Crippen molar-refractivity contribution in [2.45, 2.75) is 26.5 Å². The van der Waals surface area contributed by atoms with Crippen molar-refractivity contribution < 1.29 is 13.9 Å². The van der Waals surface area contributed by atoms with Crippen molar-refractivity contribution >= 4 is 5.96 Å². The fourth-order valence-corrected chi connectivity index (χ4v) is 2.26. The fourth-order valence-electron chi connectivity index (χ4n) is 2.26. The molecule has 1 heterocycles. The number of benzene rings is 1. The Bertz CT molecular complexity index is 707. The lowest BCUT2D eigenvalue weighted by atomic mass is 10.3. The van der Waals surface area contributed by atoms with Crippen molar-refractivity contribution in [3.63, 3.8) is 0 Å². The molecule has 140 valence electrons. The molecule has 1 atom stereocenters. The summed E-state index contributed by atoms with van der Waals surface area (Å²) >= 11 is 0. The van der Waals surface area contributed by atoms with Crippen LogP contribution in [0.15, 0.2) is 47.6 Å². The molecule has 7 heteroatoms. The predicted octanol–water partition coefficient (Wildman–Crippen LogP) is 2.75. The van der Waals surface area contributed by atoms with Crippen molar-refractivity contribution in [2.75, 3.05) is 20.2 Å². The zero-order valence-corrected chi connectivity index (χ0v) is 15.3. The molecule has 0 aliphatic rings. The van der Waals surface area contributed by atoms with E-state index >= 15 is 0 Å². The Balaban J connectivity index is 1.91. The molecule has 0 aliphatic heterocycles. The minimum Gasteiger partial charge on any atom is -0.489 e. The minimum absolute atomic E-state index is 0.114. The molecule has 0 spiro atoms. The number of methoxy groups -OCH3 is 1. The third-order valence-corrected chi connectivity index (χ3v) is 3.50. The summed E-state index contributed by atoms with van der Waals surface area (Å²) in [6.07, 6.45) is 1.57. The normalized spacial score (nSPS) is 12.4. The Kier molecular flexibility index (Phi) is 7.67. The van der Waals surface area contributed by atoms with Crippen molar-refractivity contribution in [2.24, 2.45) is 4.99 Å². The molecule has 0 bridgehead atoms. The third kappa shape index (κ3) is 6.23. The summed E-state index contributed by atoms with van der Waals surface area (Å²) in [5.74, 6) is 1.59. The molecule has 1 aromatic heterocycles. The number of aromatic nitrogens is 1. The molecule has 0 fully saturated rings. The van der Waals surface area contributed by atoms with Gasteiger partial charge in [0.15, 0.2) is 5.96 Å². The smallest absolute Gasteiger partial charge is 0.218 e. The highest BCUT2D eigenvalue weighted by Crippen LogP contribution is 2.14. The number of halogens is 1. The van der Waals surface area contributed by atoms with Gasteiger partial charge in [-0.3, -0.25) is 0 Å². The van der Waals surface area contributed by atoms with Crippen LogP contribution in [-0.4, -0.2) is 37.2 Å². The average Bonchev–Trinajstić information content (AvgIpc) is 2.66. The number of hydrogen-bond acceptors (Lipinski definition) is 4. The molecule has 2 N–H and O–H groups in total. The Hall–Kier alpha value is -2.83. The van der Waals surface area contributed by atoms with E-state index in [2.05, 4.69) is 20.6 Å². The first-order valence-corrected chi connectivity index (χ1v) is 8.54. The zero-order chi connectivity index (χ0) is 18.8. The lowest BCUT2D eigenvalue weighted by Gasteiger charge is -2.17. The standard InChI is InChI=1S/C19H25FN4O2/c1-4-21-19(24-13-15-6-5-11-22-18(15)25-3)23-12-14(2)26-17-9-7-16(20)8-10-17/h5-11,14H,4,12-13H2,1-3H3,(H2,21,23,24). The van der Waals surface area contributed by atoms with Crippen molar-refractivity contribution in [3.05, 3.63) is 54.0 Å². The number of guanidine groups is 1. The first-order valence-electron chi connectivity index (χ1n) is 8.54. The lowest BCUT2D eigenvalue weighted by Crippen LogP contribution is -2.41. The highest BCUT2D eigenvalue weighted by Gasteiger charge is 2.07. The molecule has 0 saturated heterocycles. The monoisotopic (exact) mass is 360 g/mol. The van der Waals surface area contributed by atoms with Gasteiger partial charge in [0.2, 0.25) is 5.88 Å². The van der Waals surface area contributed by atoms with Crippen LogP contribution in [0.2, 0.25) is 0 Å². The van der Waals surface area contributed by atoms with Gasteiger partial charge in [0.25, 0.3) is 0 Å². The van der Waals surface area contributed by atoms with Crippen LogP contribution in [0.4, 0.5) is 4.39 Å². The molecular formula is C19H25FN4O2. The van der Waals surface area contributed by atoms with Gasteiger partial charge in [-0.2, -0.15) is 0 Å². The van der Waals surface area contributed by atoms with Crippen molar-refractivity contribution in [1.29, 1.82) is 0 Å². The van der Waals surface area contributed by atoms with Crippen LogP contribution in [0.5, 0.6) is 11.6 Å². The van der Waals surface area contributed by atoms with Gasteiger partial charge in [0.1, 0.15) is 17.7 Å². The van der Waals surface area contributed by atoms with Crippen LogP contribution in [0.1, 0.15) is 19.4 Å². The number of pyridine rings is 1. The van der Waals surface area contributed by atoms with E-state index in [9.17, 15) is 4.39 Å². The van der Waals surface area contributed by atoms with Gasteiger partial charge >= 0.3 is 0 Å². The number of hydrogen-bond donors (Lipinski definition) is 2. The van der Waals surface area contributed by atoms with Gasteiger partial charge in [-0.05, 0) is 44.2 Å². The second-order valence-corrected chi connectivity index (χ2v) is 5.63. The topological polar surface area (TPSA) is 67.8 Å². The van der Waals surface area contributed by atoms with Crippen LogP contribution >= 0.6 is 0 Å². The molecular weight excluding hydrogens is 335 g/mol. The molecule has 2 rings (SSSR count). The highest BCUT2D eigenvalue weighted by molar-refractivity contribution is 5.79. The van der Waals surface area contributed by atoms with E-state index in [1.807, 2.05) is 26.0 Å². The van der Waals surface area contributed by atoms with E-state index in [-0.39, 0.29) is 11.9 Å². The largest absolute Gasteiger partial charge is 0.489 e. The second kappa shape index (κ2) is 10.2. The van der Waals surface area contributed by atoms with Crippen LogP contribution in [-0.2, 0) is 6.54 Å². The van der Waals surface area contributed by atoms with Gasteiger partial charge in [-0.25, -0.2) is 14.4 Å². The molecule has 26 heavy (non-hydrogen) atoms. The van der Waals surface area contributed by atoms with Gasteiger partial charge in [0, 0.05) is 18.3 Å². The predicted molar refractivity (Wildman–Crippen MR) is 100 cm³/mol. The van der Waals surface area contributed by atoms with E-state index in [4.69, 9.17) is 9.47 Å². The van der Waals surface area contributed by atoms with E-state index in [1.165, 1.54) is 12.1 Å². The lowest BCUT2D eigenvalue weighted by molar-refractivity contribution is 0.223. The SMILES string of the molecule is CCNC(=NCc1cccnc1OC)NCC(C)Oc1ccc(F)cc1. The summed E-state index contributed by atoms with van der Waals surface area (Å²) in [6, 6.07) is 9.76. The Morgan fingerprint density at radius 1 is 1.23 bits per heavy atom. The number of aliphatic imine (C=N–C) groups is 1. The summed E-state index contributed by atoms with van der Waals surface area (Å²) in [4.78, 5) is 8.72. The van der Waals surface area contributed by atoms with Crippen LogP contribution in [0.25, 0.3) is 0 Å². The summed E-state index contributed by atoms with van der Waals surface area (Å²) in [6.45, 7) is 5.67. The van der Waals surface area contributed by atoms with Crippen LogP contribution in [0, 0.1) is 5.82 Å².